The van der Waals surface area contributed by atoms with Crippen LogP contribution in [0.15, 0.2) is 21.9 Å². The fourth-order valence-electron chi connectivity index (χ4n) is 3.35. The van der Waals surface area contributed by atoms with E-state index >= 15 is 0 Å². The monoisotopic (exact) mass is 550 g/mol. The second-order valence-electron chi connectivity index (χ2n) is 7.56. The maximum Gasteiger partial charge on any atom is 0.483 e. The van der Waals surface area contributed by atoms with Gasteiger partial charge in [-0.05, 0) is 0 Å². The molecule has 35 heavy (non-hydrogen) atoms. The molecule has 1 aromatic heterocycles. The molecule has 200 valence electrons. The third-order valence-electron chi connectivity index (χ3n) is 5.04. The van der Waals surface area contributed by atoms with Crippen molar-refractivity contribution in [2.75, 3.05) is 13.2 Å². The lowest BCUT2D eigenvalue weighted by molar-refractivity contribution is -0.233. The Morgan fingerprint density at radius 1 is 1.03 bits per heavy atom. The van der Waals surface area contributed by atoms with Crippen molar-refractivity contribution in [3.63, 3.8) is 0 Å². The predicted octanol–water partition coefficient (Wildman–Crippen LogP) is -3.76. The predicted molar refractivity (Wildman–Crippen MR) is 107 cm³/mol. The zero-order chi connectivity index (χ0) is 26.1. The Kier molecular flexibility index (Phi) is 8.84. The number of aliphatic hydroxyl groups excluding tert-OH is 5. The first-order valence-corrected chi connectivity index (χ1v) is 12.9. The lowest BCUT2D eigenvalue weighted by Gasteiger charge is -2.36. The molecular formula is C15H24N2O16P2. The number of aromatic amines is 1. The second kappa shape index (κ2) is 11.0. The maximum absolute atomic E-state index is 12.1. The molecule has 18 nitrogen and oxygen atoms in total. The molecule has 2 aliphatic heterocycles. The van der Waals surface area contributed by atoms with Gasteiger partial charge in [0.1, 0.15) is 30.5 Å². The Balaban J connectivity index is 1.59. The molecule has 10 atom stereocenters. The van der Waals surface area contributed by atoms with E-state index in [0.29, 0.717) is 0 Å². The van der Waals surface area contributed by atoms with Gasteiger partial charge in [-0.1, -0.05) is 0 Å². The lowest BCUT2D eigenvalue weighted by Crippen LogP contribution is -2.50. The molecule has 2 saturated heterocycles. The standard InChI is InChI=1S/C15H24N2O16P2/c18-4-7-11(21)6(19)3-10(30-7)32-35(27,28)33-34(25,26)29-5-8-12(22)13(23)14(31-8)17-2-1-9(20)16-15(17)24/h1-2,6-8,10-14,18-19,21-23H,3-5H2,(H,25,26)(H,27,28)(H,16,20,24)/t6-,7-,8-,10+,11+,12-,13-,14-/m1/s1. The molecular weight excluding hydrogens is 526 g/mol. The summed E-state index contributed by atoms with van der Waals surface area (Å²) in [6, 6.07) is 0.945. The molecule has 0 bridgehead atoms. The molecule has 0 aromatic carbocycles. The van der Waals surface area contributed by atoms with Gasteiger partial charge in [-0.3, -0.25) is 23.4 Å². The average molecular weight is 550 g/mol. The normalized spacial score (nSPS) is 37.0. The summed E-state index contributed by atoms with van der Waals surface area (Å²) in [7, 11) is -10.8. The zero-order valence-electron chi connectivity index (χ0n) is 17.5. The fraction of sp³-hybridized carbons (Fsp3) is 0.733. The second-order valence-corrected chi connectivity index (χ2v) is 10.6. The van der Waals surface area contributed by atoms with Gasteiger partial charge < -0.3 is 44.8 Å². The van der Waals surface area contributed by atoms with Gasteiger partial charge in [-0.15, -0.1) is 0 Å². The number of rotatable bonds is 9. The van der Waals surface area contributed by atoms with Crippen molar-refractivity contribution in [1.82, 2.24) is 9.55 Å². The Hall–Kier alpha value is -1.34. The molecule has 0 amide bonds. The number of H-pyrrole nitrogens is 1. The molecule has 2 aliphatic rings. The summed E-state index contributed by atoms with van der Waals surface area (Å²) in [5.74, 6) is 0. The van der Waals surface area contributed by atoms with Crippen LogP contribution in [0.3, 0.4) is 0 Å². The van der Waals surface area contributed by atoms with Crippen LogP contribution in [0.5, 0.6) is 0 Å². The first-order chi connectivity index (χ1) is 16.2. The van der Waals surface area contributed by atoms with E-state index in [4.69, 9.17) is 14.6 Å². The van der Waals surface area contributed by atoms with Crippen molar-refractivity contribution in [3.05, 3.63) is 33.1 Å². The van der Waals surface area contributed by atoms with Crippen LogP contribution in [-0.2, 0) is 32.0 Å². The van der Waals surface area contributed by atoms with Crippen LogP contribution in [0, 0.1) is 0 Å². The zero-order valence-corrected chi connectivity index (χ0v) is 19.3. The molecule has 2 fully saturated rings. The minimum Gasteiger partial charge on any atom is -0.394 e. The van der Waals surface area contributed by atoms with E-state index in [1.807, 2.05) is 4.98 Å². The Morgan fingerprint density at radius 2 is 1.71 bits per heavy atom. The molecule has 3 heterocycles. The Bertz CT molecular complexity index is 1090. The highest BCUT2D eigenvalue weighted by Gasteiger charge is 2.47. The summed E-state index contributed by atoms with van der Waals surface area (Å²) >= 11 is 0. The van der Waals surface area contributed by atoms with E-state index in [9.17, 15) is 48.9 Å². The summed E-state index contributed by atoms with van der Waals surface area (Å²) in [5, 5.41) is 48.7. The molecule has 0 saturated carbocycles. The highest BCUT2D eigenvalue weighted by Crippen LogP contribution is 2.61. The molecule has 0 aliphatic carbocycles. The largest absolute Gasteiger partial charge is 0.483 e. The van der Waals surface area contributed by atoms with Gasteiger partial charge in [0.15, 0.2) is 12.5 Å². The van der Waals surface area contributed by atoms with Crippen LogP contribution in [0.2, 0.25) is 0 Å². The number of nitrogens with zero attached hydrogens (tertiary/aromatic N) is 1. The highest BCUT2D eigenvalue weighted by atomic mass is 31.3. The Labute approximate surface area is 195 Å². The number of aliphatic hydroxyl groups is 5. The van der Waals surface area contributed by atoms with Crippen LogP contribution in [0.1, 0.15) is 12.6 Å². The van der Waals surface area contributed by atoms with Crippen molar-refractivity contribution in [2.24, 2.45) is 0 Å². The average Bonchev–Trinajstić information content (AvgIpc) is 3.02. The van der Waals surface area contributed by atoms with Crippen LogP contribution < -0.4 is 11.2 Å². The van der Waals surface area contributed by atoms with Gasteiger partial charge in [-0.25, -0.2) is 13.9 Å². The van der Waals surface area contributed by atoms with Gasteiger partial charge in [0, 0.05) is 18.7 Å². The molecule has 3 rings (SSSR count). The van der Waals surface area contributed by atoms with E-state index in [1.165, 1.54) is 0 Å². The number of aromatic nitrogens is 2. The number of hydrogen-bond acceptors (Lipinski definition) is 14. The van der Waals surface area contributed by atoms with Crippen LogP contribution in [0.4, 0.5) is 0 Å². The summed E-state index contributed by atoms with van der Waals surface area (Å²) in [4.78, 5) is 44.5. The van der Waals surface area contributed by atoms with Gasteiger partial charge in [0.25, 0.3) is 5.56 Å². The van der Waals surface area contributed by atoms with E-state index in [1.54, 1.807) is 0 Å². The lowest BCUT2D eigenvalue weighted by atomic mass is 10.0. The highest BCUT2D eigenvalue weighted by molar-refractivity contribution is 7.61. The van der Waals surface area contributed by atoms with Crippen molar-refractivity contribution < 1.29 is 67.3 Å². The molecule has 0 radical (unpaired) electrons. The number of nitrogens with one attached hydrogen (secondary N) is 1. The molecule has 20 heteroatoms. The summed E-state index contributed by atoms with van der Waals surface area (Å²) < 4.78 is 48.4. The summed E-state index contributed by atoms with van der Waals surface area (Å²) in [5.41, 5.74) is -1.71. The van der Waals surface area contributed by atoms with Crippen molar-refractivity contribution in [3.8, 4) is 0 Å². The first kappa shape index (κ1) is 28.2. The number of phosphoric acid groups is 2. The van der Waals surface area contributed by atoms with Gasteiger partial charge in [-0.2, -0.15) is 4.31 Å². The quantitative estimate of drug-likeness (QED) is 0.137. The van der Waals surface area contributed by atoms with Crippen LogP contribution >= 0.6 is 15.6 Å². The minimum absolute atomic E-state index is 0.548. The third-order valence-corrected chi connectivity index (χ3v) is 7.67. The third kappa shape index (κ3) is 6.91. The number of hydrogen-bond donors (Lipinski definition) is 8. The van der Waals surface area contributed by atoms with Crippen LogP contribution in [0.25, 0.3) is 0 Å². The Morgan fingerprint density at radius 3 is 2.34 bits per heavy atom. The van der Waals surface area contributed by atoms with E-state index in [0.717, 1.165) is 16.8 Å². The van der Waals surface area contributed by atoms with Gasteiger partial charge in [0.05, 0.1) is 19.3 Å². The smallest absolute Gasteiger partial charge is 0.394 e. The molecule has 2 unspecified atom stereocenters. The first-order valence-electron chi connectivity index (χ1n) is 9.88. The minimum atomic E-state index is -5.40. The van der Waals surface area contributed by atoms with Crippen molar-refractivity contribution in [2.45, 2.75) is 55.6 Å². The van der Waals surface area contributed by atoms with E-state index < -0.39 is 95.7 Å². The van der Waals surface area contributed by atoms with E-state index in [2.05, 4.69) is 13.4 Å². The maximum atomic E-state index is 12.1. The fourth-order valence-corrected chi connectivity index (χ4v) is 5.50. The molecule has 8 N–H and O–H groups in total. The van der Waals surface area contributed by atoms with Gasteiger partial charge in [0.2, 0.25) is 0 Å². The number of phosphoric ester groups is 2. The molecule has 1 aromatic rings. The van der Waals surface area contributed by atoms with E-state index in [-0.39, 0.29) is 0 Å². The SMILES string of the molecule is O=c1ccn([C@@H]2O[C@H](COP(=O)(O)OP(=O)(O)O[C@H]3C[C@@H](O)[C@H](O)[C@@H](CO)O3)[C@@H](O)[C@H]2O)c(=O)[nH]1. The topological polar surface area (TPSA) is 277 Å². The summed E-state index contributed by atoms with van der Waals surface area (Å²) in [6.45, 7) is -1.75. The summed E-state index contributed by atoms with van der Waals surface area (Å²) in [6.07, 6.45) is -12.2. The molecule has 0 spiro atoms. The van der Waals surface area contributed by atoms with Crippen molar-refractivity contribution in [1.29, 1.82) is 0 Å². The van der Waals surface area contributed by atoms with Gasteiger partial charge >= 0.3 is 21.3 Å². The number of ether oxygens (including phenoxy) is 2. The van der Waals surface area contributed by atoms with Crippen molar-refractivity contribution >= 4 is 15.6 Å². The van der Waals surface area contributed by atoms with Crippen LogP contribution in [-0.4, -0.2) is 101 Å².